The largest absolute Gasteiger partial charge is 0.358 e. The minimum Gasteiger partial charge on any atom is -0.358 e. The van der Waals surface area contributed by atoms with Gasteiger partial charge in [0.2, 0.25) is 0 Å². The van der Waals surface area contributed by atoms with Crippen molar-refractivity contribution in [2.45, 2.75) is 39.0 Å². The Hall–Kier alpha value is -3.45. The maximum absolute atomic E-state index is 13.8. The van der Waals surface area contributed by atoms with Gasteiger partial charge in [-0.05, 0) is 93.2 Å². The average Bonchev–Trinajstić information content (AvgIpc) is 3.35. The van der Waals surface area contributed by atoms with E-state index in [1.54, 1.807) is 0 Å². The smallest absolute Gasteiger partial charge is 0.253 e. The Balaban J connectivity index is 1.15. The van der Waals surface area contributed by atoms with Crippen molar-refractivity contribution in [1.82, 2.24) is 24.6 Å². The van der Waals surface area contributed by atoms with Gasteiger partial charge in [-0.3, -0.25) is 9.69 Å². The lowest BCUT2D eigenvalue weighted by molar-refractivity contribution is 0.0638. The number of benzene rings is 3. The Morgan fingerprint density at radius 2 is 1.48 bits per heavy atom. The van der Waals surface area contributed by atoms with E-state index in [1.807, 2.05) is 6.07 Å². The van der Waals surface area contributed by atoms with Crippen LogP contribution in [0, 0.1) is 13.8 Å². The summed E-state index contributed by atoms with van der Waals surface area (Å²) in [5.74, 6) is 0.419. The molecule has 44 heavy (non-hydrogen) atoms. The third-order valence-electron chi connectivity index (χ3n) is 10.1. The van der Waals surface area contributed by atoms with Crippen molar-refractivity contribution < 1.29 is 4.79 Å². The SMILES string of the molecule is Cc1[nH]c2ccc(C(CCCN3CCN(C)CC3)c3cccc(C(=O)N4CCN(CCc5ccccc5)CC4)c3)cc2c1C. The van der Waals surface area contributed by atoms with Crippen LogP contribution >= 0.6 is 0 Å². The number of H-pyrrole nitrogens is 1. The number of aromatic nitrogens is 1. The highest BCUT2D eigenvalue weighted by atomic mass is 16.2. The molecule has 0 spiro atoms. The van der Waals surface area contributed by atoms with Crippen LogP contribution in [-0.2, 0) is 6.42 Å². The number of carbonyl (C=O) groups is 1. The van der Waals surface area contributed by atoms with Crippen LogP contribution in [0.25, 0.3) is 10.9 Å². The quantitative estimate of drug-likeness (QED) is 0.248. The van der Waals surface area contributed by atoms with Crippen molar-refractivity contribution in [2.75, 3.05) is 72.5 Å². The summed E-state index contributed by atoms with van der Waals surface area (Å²) in [6, 6.07) is 26.1. The highest BCUT2D eigenvalue weighted by molar-refractivity contribution is 5.94. The summed E-state index contributed by atoms with van der Waals surface area (Å²) in [7, 11) is 2.22. The Bertz CT molecular complexity index is 1530. The van der Waals surface area contributed by atoms with E-state index in [2.05, 4.69) is 112 Å². The molecule has 3 aromatic carbocycles. The number of hydrogen-bond donors (Lipinski definition) is 1. The third-order valence-corrected chi connectivity index (χ3v) is 10.1. The molecular weight excluding hydrogens is 542 g/mol. The average molecular weight is 592 g/mol. The van der Waals surface area contributed by atoms with Crippen LogP contribution in [0.3, 0.4) is 0 Å². The second kappa shape index (κ2) is 14.1. The third kappa shape index (κ3) is 7.26. The van der Waals surface area contributed by atoms with Gasteiger partial charge in [0.15, 0.2) is 0 Å². The minimum absolute atomic E-state index is 0.165. The number of piperazine rings is 2. The summed E-state index contributed by atoms with van der Waals surface area (Å²) >= 11 is 0. The van der Waals surface area contributed by atoms with Gasteiger partial charge in [0.1, 0.15) is 0 Å². The number of aryl methyl sites for hydroxylation is 2. The van der Waals surface area contributed by atoms with Gasteiger partial charge in [0, 0.05) is 87.0 Å². The molecule has 2 aliphatic heterocycles. The molecule has 1 amide bonds. The number of amides is 1. The molecule has 6 heteroatoms. The molecular formula is C38H49N5O. The lowest BCUT2D eigenvalue weighted by Crippen LogP contribution is -2.49. The van der Waals surface area contributed by atoms with Gasteiger partial charge in [-0.1, -0.05) is 48.5 Å². The Morgan fingerprint density at radius 1 is 0.773 bits per heavy atom. The highest BCUT2D eigenvalue weighted by Crippen LogP contribution is 2.33. The number of nitrogens with one attached hydrogen (secondary N) is 1. The fraction of sp³-hybridized carbons (Fsp3) is 0.447. The van der Waals surface area contributed by atoms with Crippen LogP contribution < -0.4 is 0 Å². The van der Waals surface area contributed by atoms with Gasteiger partial charge >= 0.3 is 0 Å². The van der Waals surface area contributed by atoms with Crippen molar-refractivity contribution >= 4 is 16.8 Å². The molecule has 4 aromatic rings. The molecule has 0 saturated carbocycles. The number of aromatic amines is 1. The summed E-state index contributed by atoms with van der Waals surface area (Å²) in [4.78, 5) is 26.9. The molecule has 2 saturated heterocycles. The van der Waals surface area contributed by atoms with E-state index in [9.17, 15) is 4.79 Å². The molecule has 6 rings (SSSR count). The van der Waals surface area contributed by atoms with Crippen LogP contribution in [0.5, 0.6) is 0 Å². The van der Waals surface area contributed by atoms with E-state index in [0.717, 1.165) is 90.3 Å². The van der Waals surface area contributed by atoms with Crippen molar-refractivity contribution in [3.05, 3.63) is 106 Å². The van der Waals surface area contributed by atoms with E-state index in [4.69, 9.17) is 0 Å². The van der Waals surface area contributed by atoms with Crippen molar-refractivity contribution in [3.63, 3.8) is 0 Å². The first-order chi connectivity index (χ1) is 21.4. The molecule has 6 nitrogen and oxygen atoms in total. The van der Waals surface area contributed by atoms with E-state index in [0.29, 0.717) is 0 Å². The van der Waals surface area contributed by atoms with Crippen LogP contribution in [0.1, 0.15) is 57.1 Å². The lowest BCUT2D eigenvalue weighted by atomic mass is 9.85. The van der Waals surface area contributed by atoms with Gasteiger partial charge in [-0.15, -0.1) is 0 Å². The summed E-state index contributed by atoms with van der Waals surface area (Å²) < 4.78 is 0. The second-order valence-corrected chi connectivity index (χ2v) is 13.0. The Labute approximate surface area is 263 Å². The summed E-state index contributed by atoms with van der Waals surface area (Å²) in [5, 5.41) is 1.31. The first kappa shape index (κ1) is 30.6. The van der Waals surface area contributed by atoms with Crippen molar-refractivity contribution in [2.24, 2.45) is 0 Å². The first-order valence-corrected chi connectivity index (χ1v) is 16.6. The standard InChI is InChI=1S/C38H49N5O/c1-29-30(2)39-37-15-14-33(28-36(29)37)35(13-8-17-41-21-19-40(3)20-22-41)32-11-7-12-34(27-32)38(44)43-25-23-42(24-26-43)18-16-31-9-5-4-6-10-31/h4-7,9-12,14-15,27-28,35,39H,8,13,16-26H2,1-3H3. The zero-order valence-corrected chi connectivity index (χ0v) is 26.9. The fourth-order valence-electron chi connectivity index (χ4n) is 6.99. The van der Waals surface area contributed by atoms with Crippen LogP contribution in [0.2, 0.25) is 0 Å². The monoisotopic (exact) mass is 591 g/mol. The summed E-state index contributed by atoms with van der Waals surface area (Å²) in [6.45, 7) is 14.6. The van der Waals surface area contributed by atoms with Gasteiger partial charge in [-0.2, -0.15) is 0 Å². The zero-order chi connectivity index (χ0) is 30.5. The van der Waals surface area contributed by atoms with E-state index in [-0.39, 0.29) is 11.8 Å². The maximum atomic E-state index is 13.8. The lowest BCUT2D eigenvalue weighted by Gasteiger charge is -2.35. The van der Waals surface area contributed by atoms with E-state index >= 15 is 0 Å². The van der Waals surface area contributed by atoms with Gasteiger partial charge in [0.05, 0.1) is 0 Å². The number of likely N-dealkylation sites (N-methyl/N-ethyl adjacent to an activating group) is 1. The van der Waals surface area contributed by atoms with Crippen molar-refractivity contribution in [1.29, 1.82) is 0 Å². The zero-order valence-electron chi connectivity index (χ0n) is 26.9. The van der Waals surface area contributed by atoms with Gasteiger partial charge in [0.25, 0.3) is 5.91 Å². The number of nitrogens with zero attached hydrogens (tertiary/aromatic N) is 4. The summed E-state index contributed by atoms with van der Waals surface area (Å²) in [5.41, 5.74) is 8.55. The molecule has 3 heterocycles. The molecule has 0 bridgehead atoms. The fourth-order valence-corrected chi connectivity index (χ4v) is 6.99. The van der Waals surface area contributed by atoms with Crippen LogP contribution in [-0.4, -0.2) is 103 Å². The Morgan fingerprint density at radius 3 is 2.25 bits per heavy atom. The molecule has 1 unspecified atom stereocenters. The molecule has 0 aliphatic carbocycles. The molecule has 232 valence electrons. The molecule has 1 N–H and O–H groups in total. The number of fused-ring (bicyclic) bond motifs is 1. The minimum atomic E-state index is 0.165. The second-order valence-electron chi connectivity index (χ2n) is 13.0. The number of hydrogen-bond acceptors (Lipinski definition) is 4. The summed E-state index contributed by atoms with van der Waals surface area (Å²) in [6.07, 6.45) is 3.26. The normalized spacial score (nSPS) is 17.8. The number of rotatable bonds is 10. The van der Waals surface area contributed by atoms with Crippen molar-refractivity contribution in [3.8, 4) is 0 Å². The first-order valence-electron chi connectivity index (χ1n) is 16.6. The maximum Gasteiger partial charge on any atom is 0.253 e. The predicted octanol–water partition coefficient (Wildman–Crippen LogP) is 5.94. The topological polar surface area (TPSA) is 45.8 Å². The van der Waals surface area contributed by atoms with Crippen LogP contribution in [0.15, 0.2) is 72.8 Å². The molecule has 2 aliphatic rings. The van der Waals surface area contributed by atoms with E-state index in [1.165, 1.54) is 38.9 Å². The molecule has 1 aromatic heterocycles. The highest BCUT2D eigenvalue weighted by Gasteiger charge is 2.24. The predicted molar refractivity (Wildman–Crippen MR) is 182 cm³/mol. The Kier molecular flexibility index (Phi) is 9.80. The molecule has 2 fully saturated rings. The van der Waals surface area contributed by atoms with Gasteiger partial charge < -0.3 is 19.7 Å². The van der Waals surface area contributed by atoms with Gasteiger partial charge in [-0.25, -0.2) is 0 Å². The van der Waals surface area contributed by atoms with E-state index < -0.39 is 0 Å². The number of carbonyl (C=O) groups excluding carboxylic acids is 1. The molecule has 1 atom stereocenters. The molecule has 0 radical (unpaired) electrons. The van der Waals surface area contributed by atoms with Crippen LogP contribution in [0.4, 0.5) is 0 Å².